The lowest BCUT2D eigenvalue weighted by atomic mass is 10.2. The van der Waals surface area contributed by atoms with Crippen LogP contribution in [0.2, 0.25) is 5.02 Å². The number of hydrogen-bond donors (Lipinski definition) is 1. The summed E-state index contributed by atoms with van der Waals surface area (Å²) in [6.07, 6.45) is 0. The molecule has 0 unspecified atom stereocenters. The van der Waals surface area contributed by atoms with Gasteiger partial charge in [0.05, 0.1) is 5.56 Å². The van der Waals surface area contributed by atoms with Crippen molar-refractivity contribution in [2.75, 3.05) is 0 Å². The van der Waals surface area contributed by atoms with E-state index in [1.807, 2.05) is 48.5 Å². The van der Waals surface area contributed by atoms with Gasteiger partial charge in [0, 0.05) is 16.9 Å². The van der Waals surface area contributed by atoms with E-state index in [4.69, 9.17) is 16.3 Å². The zero-order valence-corrected chi connectivity index (χ0v) is 17.9. The van der Waals surface area contributed by atoms with Gasteiger partial charge in [-0.3, -0.25) is 4.79 Å². The minimum atomic E-state index is -0.310. The largest absolute Gasteiger partial charge is 0.488 e. The van der Waals surface area contributed by atoms with Crippen LogP contribution in [0.4, 0.5) is 4.39 Å². The molecule has 0 aliphatic heterocycles. The average molecular weight is 453 g/mol. The summed E-state index contributed by atoms with van der Waals surface area (Å²) in [4.78, 5) is 17.0. The number of nitrogens with zero attached hydrogens (tertiary/aromatic N) is 1. The highest BCUT2D eigenvalue weighted by molar-refractivity contribution is 7.13. The van der Waals surface area contributed by atoms with Crippen molar-refractivity contribution in [2.45, 2.75) is 13.2 Å². The number of amides is 1. The summed E-state index contributed by atoms with van der Waals surface area (Å²) < 4.78 is 19.0. The molecule has 0 radical (unpaired) electrons. The van der Waals surface area contributed by atoms with E-state index < -0.39 is 0 Å². The minimum Gasteiger partial charge on any atom is -0.488 e. The van der Waals surface area contributed by atoms with E-state index in [1.165, 1.54) is 23.5 Å². The Hall–Kier alpha value is -3.22. The molecule has 1 amide bonds. The first-order chi connectivity index (χ1) is 15.1. The topological polar surface area (TPSA) is 51.2 Å². The molecule has 4 aromatic rings. The first kappa shape index (κ1) is 21.0. The fourth-order valence-electron chi connectivity index (χ4n) is 2.93. The van der Waals surface area contributed by atoms with E-state index in [-0.39, 0.29) is 11.7 Å². The Bertz CT molecular complexity index is 1190. The van der Waals surface area contributed by atoms with E-state index in [1.54, 1.807) is 17.5 Å². The van der Waals surface area contributed by atoms with Crippen LogP contribution in [0, 0.1) is 5.82 Å². The van der Waals surface area contributed by atoms with E-state index in [2.05, 4.69) is 10.3 Å². The van der Waals surface area contributed by atoms with E-state index in [0.29, 0.717) is 34.6 Å². The molecular weight excluding hydrogens is 435 g/mol. The second kappa shape index (κ2) is 9.73. The fourth-order valence-corrected chi connectivity index (χ4v) is 3.98. The smallest absolute Gasteiger partial charge is 0.271 e. The van der Waals surface area contributed by atoms with Crippen molar-refractivity contribution in [3.63, 3.8) is 0 Å². The van der Waals surface area contributed by atoms with Crippen LogP contribution in [0.3, 0.4) is 0 Å². The van der Waals surface area contributed by atoms with Gasteiger partial charge in [-0.05, 0) is 47.5 Å². The van der Waals surface area contributed by atoms with Crippen molar-refractivity contribution in [3.05, 3.63) is 106 Å². The molecule has 0 bridgehead atoms. The maximum atomic E-state index is 13.0. The number of hydrogen-bond acceptors (Lipinski definition) is 4. The molecule has 0 spiro atoms. The van der Waals surface area contributed by atoms with Crippen LogP contribution < -0.4 is 10.1 Å². The quantitative estimate of drug-likeness (QED) is 0.368. The lowest BCUT2D eigenvalue weighted by molar-refractivity contribution is 0.0946. The van der Waals surface area contributed by atoms with Gasteiger partial charge in [0.1, 0.15) is 28.9 Å². The second-order valence-electron chi connectivity index (χ2n) is 6.76. The molecule has 1 N–H and O–H groups in total. The molecule has 1 heterocycles. The third-order valence-corrected chi connectivity index (χ3v) is 5.61. The number of carbonyl (C=O) groups is 1. The van der Waals surface area contributed by atoms with Gasteiger partial charge < -0.3 is 10.1 Å². The molecule has 4 rings (SSSR count). The highest BCUT2D eigenvalue weighted by atomic mass is 35.5. The summed E-state index contributed by atoms with van der Waals surface area (Å²) >= 11 is 7.41. The first-order valence-electron chi connectivity index (χ1n) is 9.53. The van der Waals surface area contributed by atoms with Crippen LogP contribution >= 0.6 is 22.9 Å². The predicted molar refractivity (Wildman–Crippen MR) is 121 cm³/mol. The third-order valence-electron chi connectivity index (χ3n) is 4.50. The normalized spacial score (nSPS) is 10.6. The van der Waals surface area contributed by atoms with Gasteiger partial charge in [-0.2, -0.15) is 0 Å². The SMILES string of the molecule is O=C(NCc1ccc(F)cc1)c1csc(-c2ccccc2OCc2cccc(Cl)c2)n1. The lowest BCUT2D eigenvalue weighted by Gasteiger charge is -2.10. The summed E-state index contributed by atoms with van der Waals surface area (Å²) in [5.74, 6) is 0.0784. The molecule has 0 saturated heterocycles. The molecule has 7 heteroatoms. The molecule has 0 saturated carbocycles. The first-order valence-corrected chi connectivity index (χ1v) is 10.8. The third kappa shape index (κ3) is 5.48. The highest BCUT2D eigenvalue weighted by Gasteiger charge is 2.15. The number of nitrogens with one attached hydrogen (secondary N) is 1. The maximum absolute atomic E-state index is 13.0. The number of halogens is 2. The monoisotopic (exact) mass is 452 g/mol. The molecule has 0 aliphatic carbocycles. The maximum Gasteiger partial charge on any atom is 0.271 e. The number of benzene rings is 3. The second-order valence-corrected chi connectivity index (χ2v) is 8.06. The summed E-state index contributed by atoms with van der Waals surface area (Å²) in [5, 5.41) is 5.86. The Labute approximate surface area is 188 Å². The number of aromatic nitrogens is 1. The Balaban J connectivity index is 1.44. The van der Waals surface area contributed by atoms with Gasteiger partial charge in [0.25, 0.3) is 5.91 Å². The Morgan fingerprint density at radius 2 is 1.84 bits per heavy atom. The Morgan fingerprint density at radius 1 is 1.03 bits per heavy atom. The van der Waals surface area contributed by atoms with Crippen LogP contribution in [0.15, 0.2) is 78.2 Å². The summed E-state index contributed by atoms with van der Waals surface area (Å²) in [7, 11) is 0. The van der Waals surface area contributed by atoms with Crippen LogP contribution in [0.25, 0.3) is 10.6 Å². The van der Waals surface area contributed by atoms with Crippen molar-refractivity contribution in [2.24, 2.45) is 0 Å². The molecule has 3 aromatic carbocycles. The molecule has 0 atom stereocenters. The molecule has 0 aliphatic rings. The van der Waals surface area contributed by atoms with Crippen LogP contribution in [-0.4, -0.2) is 10.9 Å². The van der Waals surface area contributed by atoms with Crippen molar-refractivity contribution in [1.29, 1.82) is 0 Å². The minimum absolute atomic E-state index is 0.288. The average Bonchev–Trinajstić information content (AvgIpc) is 3.28. The highest BCUT2D eigenvalue weighted by Crippen LogP contribution is 2.32. The van der Waals surface area contributed by atoms with Crippen molar-refractivity contribution < 1.29 is 13.9 Å². The van der Waals surface area contributed by atoms with Gasteiger partial charge in [0.2, 0.25) is 0 Å². The van der Waals surface area contributed by atoms with Gasteiger partial charge in [-0.25, -0.2) is 9.37 Å². The van der Waals surface area contributed by atoms with Crippen LogP contribution in [-0.2, 0) is 13.2 Å². The predicted octanol–water partition coefficient (Wildman–Crippen LogP) is 6.11. The van der Waals surface area contributed by atoms with Crippen molar-refractivity contribution in [1.82, 2.24) is 10.3 Å². The number of rotatable bonds is 7. The summed E-state index contributed by atoms with van der Waals surface area (Å²) in [6, 6.07) is 21.1. The van der Waals surface area contributed by atoms with Crippen molar-refractivity contribution in [3.8, 4) is 16.3 Å². The van der Waals surface area contributed by atoms with Crippen molar-refractivity contribution >= 4 is 28.8 Å². The summed E-state index contributed by atoms with van der Waals surface area (Å²) in [6.45, 7) is 0.666. The molecular formula is C24H18ClFN2O2S. The standard InChI is InChI=1S/C24H18ClFN2O2S/c25-18-5-3-4-17(12-18)14-30-22-7-2-1-6-20(22)24-28-21(15-31-24)23(29)27-13-16-8-10-19(26)11-9-16/h1-12,15H,13-14H2,(H,27,29). The summed E-state index contributed by atoms with van der Waals surface area (Å²) in [5.41, 5.74) is 2.91. The van der Waals surface area contributed by atoms with Gasteiger partial charge in [-0.15, -0.1) is 11.3 Å². The lowest BCUT2D eigenvalue weighted by Crippen LogP contribution is -2.23. The zero-order chi connectivity index (χ0) is 21.6. The molecule has 156 valence electrons. The van der Waals surface area contributed by atoms with Gasteiger partial charge in [0.15, 0.2) is 0 Å². The number of thiazole rings is 1. The number of carbonyl (C=O) groups excluding carboxylic acids is 1. The van der Waals surface area contributed by atoms with Crippen LogP contribution in [0.5, 0.6) is 5.75 Å². The zero-order valence-electron chi connectivity index (χ0n) is 16.3. The number of ether oxygens (including phenoxy) is 1. The molecule has 0 fully saturated rings. The number of para-hydroxylation sites is 1. The Morgan fingerprint density at radius 3 is 2.65 bits per heavy atom. The van der Waals surface area contributed by atoms with E-state index in [0.717, 1.165) is 16.7 Å². The fraction of sp³-hybridized carbons (Fsp3) is 0.0833. The van der Waals surface area contributed by atoms with Crippen LogP contribution in [0.1, 0.15) is 21.6 Å². The molecule has 31 heavy (non-hydrogen) atoms. The molecule has 4 nitrogen and oxygen atoms in total. The Kier molecular flexibility index (Phi) is 6.60. The van der Waals surface area contributed by atoms with E-state index in [9.17, 15) is 9.18 Å². The van der Waals surface area contributed by atoms with E-state index >= 15 is 0 Å². The van der Waals surface area contributed by atoms with Gasteiger partial charge in [-0.1, -0.05) is 48.0 Å². The molecule has 1 aromatic heterocycles. The van der Waals surface area contributed by atoms with Gasteiger partial charge >= 0.3 is 0 Å².